The number of hydrogen-bond donors (Lipinski definition) is 0. The lowest BCUT2D eigenvalue weighted by atomic mass is 10.0. The predicted octanol–water partition coefficient (Wildman–Crippen LogP) is 4.22. The highest BCUT2D eigenvalue weighted by Gasteiger charge is 2.24. The maximum Gasteiger partial charge on any atom is 0.257 e. The molecule has 0 bridgehead atoms. The topological polar surface area (TPSA) is 64.2 Å². The van der Waals surface area contributed by atoms with Gasteiger partial charge in [-0.1, -0.05) is 36.7 Å². The van der Waals surface area contributed by atoms with Crippen molar-refractivity contribution in [2.75, 3.05) is 7.05 Å². The molecule has 0 saturated heterocycles. The molecule has 3 aromatic rings. The SMILES string of the molecule is Cc1cc(CN(C)C(=O)c2cnn(-c3cccc(Cl)c3)c2C(C)C)no1. The summed E-state index contributed by atoms with van der Waals surface area (Å²) in [6.45, 7) is 6.27. The summed E-state index contributed by atoms with van der Waals surface area (Å²) < 4.78 is 6.84. The quantitative estimate of drug-likeness (QED) is 0.672. The second-order valence-electron chi connectivity index (χ2n) is 6.58. The van der Waals surface area contributed by atoms with Gasteiger partial charge in [0.2, 0.25) is 0 Å². The Labute approximate surface area is 157 Å². The fraction of sp³-hybridized carbons (Fsp3) is 0.316. The van der Waals surface area contributed by atoms with Gasteiger partial charge in [-0.3, -0.25) is 4.79 Å². The first-order valence-corrected chi connectivity index (χ1v) is 8.76. The minimum absolute atomic E-state index is 0.109. The molecule has 0 saturated carbocycles. The van der Waals surface area contributed by atoms with E-state index in [2.05, 4.69) is 10.3 Å². The smallest absolute Gasteiger partial charge is 0.257 e. The van der Waals surface area contributed by atoms with E-state index in [9.17, 15) is 4.79 Å². The van der Waals surface area contributed by atoms with Gasteiger partial charge in [-0.2, -0.15) is 5.10 Å². The van der Waals surface area contributed by atoms with Crippen LogP contribution in [0.1, 0.15) is 47.3 Å². The van der Waals surface area contributed by atoms with Crippen molar-refractivity contribution in [1.29, 1.82) is 0 Å². The molecule has 6 nitrogen and oxygen atoms in total. The molecule has 3 rings (SSSR count). The summed E-state index contributed by atoms with van der Waals surface area (Å²) >= 11 is 6.11. The summed E-state index contributed by atoms with van der Waals surface area (Å²) in [4.78, 5) is 14.6. The fourth-order valence-corrected chi connectivity index (χ4v) is 3.09. The average molecular weight is 373 g/mol. The maximum atomic E-state index is 13.0. The predicted molar refractivity (Wildman–Crippen MR) is 99.7 cm³/mol. The monoisotopic (exact) mass is 372 g/mol. The summed E-state index contributed by atoms with van der Waals surface area (Å²) in [5.41, 5.74) is 2.96. The molecule has 0 unspecified atom stereocenters. The number of aromatic nitrogens is 3. The lowest BCUT2D eigenvalue weighted by Gasteiger charge is -2.18. The van der Waals surface area contributed by atoms with Crippen LogP contribution in [0.15, 0.2) is 41.1 Å². The number of nitrogens with zero attached hydrogens (tertiary/aromatic N) is 4. The Kier molecular flexibility index (Phi) is 5.13. The molecule has 0 N–H and O–H groups in total. The second-order valence-corrected chi connectivity index (χ2v) is 7.02. The number of halogens is 1. The molecule has 1 aromatic carbocycles. The number of carbonyl (C=O) groups excluding carboxylic acids is 1. The van der Waals surface area contributed by atoms with E-state index in [0.717, 1.165) is 17.1 Å². The minimum Gasteiger partial charge on any atom is -0.361 e. The summed E-state index contributed by atoms with van der Waals surface area (Å²) in [5, 5.41) is 9.01. The lowest BCUT2D eigenvalue weighted by molar-refractivity contribution is 0.0780. The van der Waals surface area contributed by atoms with Crippen molar-refractivity contribution in [3.05, 3.63) is 64.3 Å². The van der Waals surface area contributed by atoms with Crippen molar-refractivity contribution in [1.82, 2.24) is 19.8 Å². The van der Waals surface area contributed by atoms with Crippen molar-refractivity contribution in [2.45, 2.75) is 33.2 Å². The normalized spacial score (nSPS) is 11.2. The third-order valence-electron chi connectivity index (χ3n) is 4.06. The van der Waals surface area contributed by atoms with Crippen molar-refractivity contribution in [3.8, 4) is 5.69 Å². The molecular formula is C19H21ClN4O2. The zero-order valence-corrected chi connectivity index (χ0v) is 16.0. The van der Waals surface area contributed by atoms with E-state index < -0.39 is 0 Å². The fourth-order valence-electron chi connectivity index (χ4n) is 2.90. The van der Waals surface area contributed by atoms with E-state index in [1.165, 1.54) is 0 Å². The third-order valence-corrected chi connectivity index (χ3v) is 4.29. The van der Waals surface area contributed by atoms with Crippen LogP contribution in [0.5, 0.6) is 0 Å². The minimum atomic E-state index is -0.109. The number of hydrogen-bond acceptors (Lipinski definition) is 4. The molecule has 7 heteroatoms. The number of benzene rings is 1. The highest BCUT2D eigenvalue weighted by atomic mass is 35.5. The first-order valence-electron chi connectivity index (χ1n) is 8.38. The number of rotatable bonds is 5. The van der Waals surface area contributed by atoms with E-state index in [0.29, 0.717) is 22.8 Å². The van der Waals surface area contributed by atoms with Gasteiger partial charge in [-0.15, -0.1) is 0 Å². The van der Waals surface area contributed by atoms with Crippen LogP contribution >= 0.6 is 11.6 Å². The Bertz CT molecular complexity index is 929. The molecule has 0 fully saturated rings. The van der Waals surface area contributed by atoms with Gasteiger partial charge >= 0.3 is 0 Å². The van der Waals surface area contributed by atoms with E-state index in [1.54, 1.807) is 22.8 Å². The van der Waals surface area contributed by atoms with Gasteiger partial charge in [0.1, 0.15) is 11.5 Å². The summed E-state index contributed by atoms with van der Waals surface area (Å²) in [7, 11) is 1.74. The molecule has 0 aliphatic carbocycles. The van der Waals surface area contributed by atoms with E-state index in [-0.39, 0.29) is 11.8 Å². The van der Waals surface area contributed by atoms with Crippen molar-refractivity contribution >= 4 is 17.5 Å². The van der Waals surface area contributed by atoms with Crippen LogP contribution in [-0.4, -0.2) is 32.8 Å². The molecule has 2 aromatic heterocycles. The van der Waals surface area contributed by atoms with Crippen molar-refractivity contribution in [2.24, 2.45) is 0 Å². The highest BCUT2D eigenvalue weighted by molar-refractivity contribution is 6.30. The maximum absolute atomic E-state index is 13.0. The average Bonchev–Trinajstić information content (AvgIpc) is 3.20. The molecule has 2 heterocycles. The molecule has 0 radical (unpaired) electrons. The Morgan fingerprint density at radius 2 is 2.12 bits per heavy atom. The standard InChI is InChI=1S/C19H21ClN4O2/c1-12(2)18-17(10-21-24(18)16-7-5-6-14(20)9-16)19(25)23(4)11-15-8-13(3)26-22-15/h5-10,12H,11H2,1-4H3. The molecule has 0 spiro atoms. The van der Waals surface area contributed by atoms with Crippen LogP contribution in [0.2, 0.25) is 5.02 Å². The van der Waals surface area contributed by atoms with Gasteiger partial charge in [0.05, 0.1) is 29.7 Å². The van der Waals surface area contributed by atoms with E-state index in [4.69, 9.17) is 16.1 Å². The molecule has 136 valence electrons. The van der Waals surface area contributed by atoms with Crippen LogP contribution in [0.25, 0.3) is 5.69 Å². The summed E-state index contributed by atoms with van der Waals surface area (Å²) in [6, 6.07) is 9.24. The first kappa shape index (κ1) is 18.2. The Morgan fingerprint density at radius 3 is 2.73 bits per heavy atom. The zero-order chi connectivity index (χ0) is 18.8. The van der Waals surface area contributed by atoms with Gasteiger partial charge in [0, 0.05) is 18.1 Å². The van der Waals surface area contributed by atoms with Gasteiger partial charge < -0.3 is 9.42 Å². The van der Waals surface area contributed by atoms with Crippen LogP contribution in [-0.2, 0) is 6.54 Å². The van der Waals surface area contributed by atoms with Crippen molar-refractivity contribution in [3.63, 3.8) is 0 Å². The number of carbonyl (C=O) groups is 1. The van der Waals surface area contributed by atoms with Crippen LogP contribution in [0.4, 0.5) is 0 Å². The Balaban J connectivity index is 1.93. The molecular weight excluding hydrogens is 352 g/mol. The van der Waals surface area contributed by atoms with Gasteiger partial charge in [0.25, 0.3) is 5.91 Å². The van der Waals surface area contributed by atoms with Crippen LogP contribution in [0.3, 0.4) is 0 Å². The Hall–Kier alpha value is -2.60. The third kappa shape index (κ3) is 3.65. The van der Waals surface area contributed by atoms with Gasteiger partial charge in [-0.05, 0) is 31.0 Å². The van der Waals surface area contributed by atoms with Gasteiger partial charge in [0.15, 0.2) is 0 Å². The number of amides is 1. The second kappa shape index (κ2) is 7.33. The largest absolute Gasteiger partial charge is 0.361 e. The zero-order valence-electron chi connectivity index (χ0n) is 15.2. The molecule has 26 heavy (non-hydrogen) atoms. The molecule has 1 amide bonds. The van der Waals surface area contributed by atoms with E-state index >= 15 is 0 Å². The highest BCUT2D eigenvalue weighted by Crippen LogP contribution is 2.25. The number of aryl methyl sites for hydroxylation is 1. The summed E-state index contributed by atoms with van der Waals surface area (Å²) in [5.74, 6) is 0.721. The van der Waals surface area contributed by atoms with Crippen LogP contribution < -0.4 is 0 Å². The summed E-state index contributed by atoms with van der Waals surface area (Å²) in [6.07, 6.45) is 1.61. The molecule has 0 aliphatic heterocycles. The van der Waals surface area contributed by atoms with Crippen molar-refractivity contribution < 1.29 is 9.32 Å². The molecule has 0 aliphatic rings. The molecule has 0 atom stereocenters. The van der Waals surface area contributed by atoms with Crippen LogP contribution in [0, 0.1) is 6.92 Å². The van der Waals surface area contributed by atoms with E-state index in [1.807, 2.05) is 51.1 Å². The lowest BCUT2D eigenvalue weighted by Crippen LogP contribution is -2.27. The first-order chi connectivity index (χ1) is 12.4. The van der Waals surface area contributed by atoms with Gasteiger partial charge in [-0.25, -0.2) is 4.68 Å². The Morgan fingerprint density at radius 1 is 1.35 bits per heavy atom.